The smallest absolute Gasteiger partial charge is 0.261 e. The van der Waals surface area contributed by atoms with Gasteiger partial charge in [-0.05, 0) is 42.5 Å². The third kappa shape index (κ3) is 3.91. The van der Waals surface area contributed by atoms with Crippen LogP contribution in [0, 0.1) is 5.92 Å². The minimum atomic E-state index is -3.97. The van der Waals surface area contributed by atoms with Crippen molar-refractivity contribution in [3.05, 3.63) is 52.5 Å². The lowest BCUT2D eigenvalue weighted by Gasteiger charge is -2.16. The molecule has 1 fully saturated rings. The zero-order valence-corrected chi connectivity index (χ0v) is 17.0. The first-order valence-corrected chi connectivity index (χ1v) is 11.5. The molecule has 1 heterocycles. The third-order valence-electron chi connectivity index (χ3n) is 3.92. The molecule has 1 atom stereocenters. The number of anilines is 2. The summed E-state index contributed by atoms with van der Waals surface area (Å²) in [6, 6.07) is 9.28. The minimum absolute atomic E-state index is 0.0906. The van der Waals surface area contributed by atoms with Crippen molar-refractivity contribution in [2.75, 3.05) is 14.8 Å². The van der Waals surface area contributed by atoms with E-state index in [1.165, 1.54) is 49.4 Å². The standard InChI is InChI=1S/C16H14Cl2N2O5S2/c1-10-9-26(22,23)20(16(10)21)12-3-5-13(6-4-12)27(24,25)19-15-7-2-11(17)8-14(15)18/h2-8,10,19H,9H2,1H3. The number of nitrogens with one attached hydrogen (secondary N) is 1. The van der Waals surface area contributed by atoms with Crippen LogP contribution in [-0.2, 0) is 24.8 Å². The molecule has 7 nitrogen and oxygen atoms in total. The maximum Gasteiger partial charge on any atom is 0.261 e. The average molecular weight is 449 g/mol. The molecule has 0 aliphatic carbocycles. The van der Waals surface area contributed by atoms with Gasteiger partial charge < -0.3 is 0 Å². The topological polar surface area (TPSA) is 101 Å². The summed E-state index contributed by atoms with van der Waals surface area (Å²) in [6.45, 7) is 1.53. The number of hydrogen-bond acceptors (Lipinski definition) is 5. The van der Waals surface area contributed by atoms with Crippen molar-refractivity contribution in [2.24, 2.45) is 5.92 Å². The summed E-state index contributed by atoms with van der Waals surface area (Å²) in [7, 11) is -7.73. The zero-order chi connectivity index (χ0) is 20.0. The van der Waals surface area contributed by atoms with Crippen molar-refractivity contribution >= 4 is 60.5 Å². The number of amides is 1. The van der Waals surface area contributed by atoms with E-state index in [0.29, 0.717) is 9.33 Å². The van der Waals surface area contributed by atoms with Gasteiger partial charge in [0, 0.05) is 5.02 Å². The average Bonchev–Trinajstić information content (AvgIpc) is 2.78. The van der Waals surface area contributed by atoms with Crippen molar-refractivity contribution in [3.63, 3.8) is 0 Å². The molecule has 1 N–H and O–H groups in total. The number of benzene rings is 2. The summed E-state index contributed by atoms with van der Waals surface area (Å²) >= 11 is 11.8. The summed E-state index contributed by atoms with van der Waals surface area (Å²) < 4.78 is 52.3. The van der Waals surface area contributed by atoms with Gasteiger partial charge in [-0.1, -0.05) is 30.1 Å². The van der Waals surface area contributed by atoms with Crippen molar-refractivity contribution in [1.29, 1.82) is 0 Å². The quantitative estimate of drug-likeness (QED) is 0.773. The SMILES string of the molecule is CC1CS(=O)(=O)N(c2ccc(S(=O)(=O)Nc3ccc(Cl)cc3Cl)cc2)C1=O. The zero-order valence-electron chi connectivity index (χ0n) is 13.9. The Labute approximate surface area is 167 Å². The fourth-order valence-corrected chi connectivity index (χ4v) is 6.04. The van der Waals surface area contributed by atoms with Gasteiger partial charge >= 0.3 is 0 Å². The predicted octanol–water partition coefficient (Wildman–Crippen LogP) is 3.11. The number of carbonyl (C=O) groups excluding carboxylic acids is 1. The molecule has 1 saturated heterocycles. The normalized spacial score (nSPS) is 19.3. The second-order valence-electron chi connectivity index (χ2n) is 6.01. The first-order valence-electron chi connectivity index (χ1n) is 7.66. The molecule has 1 unspecified atom stereocenters. The van der Waals surface area contributed by atoms with Gasteiger partial charge in [0.2, 0.25) is 15.9 Å². The summed E-state index contributed by atoms with van der Waals surface area (Å²) in [6.07, 6.45) is 0. The van der Waals surface area contributed by atoms with Crippen LogP contribution in [0.15, 0.2) is 47.4 Å². The summed E-state index contributed by atoms with van der Waals surface area (Å²) in [5, 5.41) is 0.489. The Morgan fingerprint density at radius 3 is 2.26 bits per heavy atom. The van der Waals surface area contributed by atoms with Crippen LogP contribution in [0.2, 0.25) is 10.0 Å². The first-order chi connectivity index (χ1) is 12.5. The van der Waals surface area contributed by atoms with Crippen molar-refractivity contribution in [3.8, 4) is 0 Å². The number of sulfonamides is 2. The highest BCUT2D eigenvalue weighted by atomic mass is 35.5. The monoisotopic (exact) mass is 448 g/mol. The molecule has 3 rings (SSSR count). The van der Waals surface area contributed by atoms with Gasteiger partial charge in [0.15, 0.2) is 0 Å². The second kappa shape index (κ2) is 6.97. The van der Waals surface area contributed by atoms with E-state index in [1.807, 2.05) is 0 Å². The molecule has 27 heavy (non-hydrogen) atoms. The van der Waals surface area contributed by atoms with Gasteiger partial charge in [0.1, 0.15) is 0 Å². The lowest BCUT2D eigenvalue weighted by Crippen LogP contribution is -2.30. The van der Waals surface area contributed by atoms with E-state index in [2.05, 4.69) is 4.72 Å². The van der Waals surface area contributed by atoms with Gasteiger partial charge in [-0.2, -0.15) is 0 Å². The molecule has 2 aromatic rings. The highest BCUT2D eigenvalue weighted by Gasteiger charge is 2.41. The molecular weight excluding hydrogens is 435 g/mol. The molecule has 1 amide bonds. The van der Waals surface area contributed by atoms with Crippen LogP contribution in [0.25, 0.3) is 0 Å². The van der Waals surface area contributed by atoms with Gasteiger partial charge in [0.05, 0.1) is 33.0 Å². The van der Waals surface area contributed by atoms with Crippen LogP contribution in [0.1, 0.15) is 6.92 Å². The molecule has 0 aromatic heterocycles. The summed E-state index contributed by atoms with van der Waals surface area (Å²) in [5.74, 6) is -1.47. The Hall–Kier alpha value is -1.81. The number of nitrogens with zero attached hydrogens (tertiary/aromatic N) is 1. The lowest BCUT2D eigenvalue weighted by molar-refractivity contribution is -0.119. The van der Waals surface area contributed by atoms with Crippen LogP contribution < -0.4 is 9.03 Å². The molecule has 1 aliphatic heterocycles. The third-order valence-corrected chi connectivity index (χ3v) is 7.72. The van der Waals surface area contributed by atoms with Gasteiger partial charge in [-0.15, -0.1) is 0 Å². The fourth-order valence-electron chi connectivity index (χ4n) is 2.62. The first kappa shape index (κ1) is 19.9. The largest absolute Gasteiger partial charge is 0.278 e. The van der Waals surface area contributed by atoms with E-state index in [4.69, 9.17) is 23.2 Å². The number of rotatable bonds is 4. The minimum Gasteiger partial charge on any atom is -0.278 e. The summed E-state index contributed by atoms with van der Waals surface area (Å²) in [5.41, 5.74) is 0.240. The number of hydrogen-bond donors (Lipinski definition) is 1. The van der Waals surface area contributed by atoms with E-state index in [0.717, 1.165) is 0 Å². The van der Waals surface area contributed by atoms with E-state index >= 15 is 0 Å². The molecular formula is C16H14Cl2N2O5S2. The lowest BCUT2D eigenvalue weighted by atomic mass is 10.2. The van der Waals surface area contributed by atoms with E-state index in [-0.39, 0.29) is 27.0 Å². The number of carbonyl (C=O) groups is 1. The van der Waals surface area contributed by atoms with Crippen LogP contribution >= 0.6 is 23.2 Å². The summed E-state index contributed by atoms with van der Waals surface area (Å²) in [4.78, 5) is 12.0. The van der Waals surface area contributed by atoms with Crippen molar-refractivity contribution in [1.82, 2.24) is 0 Å². The van der Waals surface area contributed by atoms with Crippen molar-refractivity contribution in [2.45, 2.75) is 11.8 Å². The maximum atomic E-state index is 12.5. The molecule has 144 valence electrons. The molecule has 0 spiro atoms. The Kier molecular flexibility index (Phi) is 5.15. The molecule has 1 aliphatic rings. The highest BCUT2D eigenvalue weighted by Crippen LogP contribution is 2.30. The molecule has 0 bridgehead atoms. The van der Waals surface area contributed by atoms with Crippen LogP contribution in [0.4, 0.5) is 11.4 Å². The Balaban J connectivity index is 1.89. The van der Waals surface area contributed by atoms with Gasteiger partial charge in [-0.3, -0.25) is 9.52 Å². The molecule has 0 radical (unpaired) electrons. The maximum absolute atomic E-state index is 12.5. The molecule has 2 aromatic carbocycles. The molecule has 0 saturated carbocycles. The predicted molar refractivity (Wildman–Crippen MR) is 104 cm³/mol. The highest BCUT2D eigenvalue weighted by molar-refractivity contribution is 7.94. The Morgan fingerprint density at radius 2 is 1.74 bits per heavy atom. The van der Waals surface area contributed by atoms with Crippen molar-refractivity contribution < 1.29 is 21.6 Å². The van der Waals surface area contributed by atoms with Gasteiger partial charge in [0.25, 0.3) is 10.0 Å². The number of halogens is 2. The van der Waals surface area contributed by atoms with E-state index in [1.54, 1.807) is 0 Å². The van der Waals surface area contributed by atoms with E-state index < -0.39 is 31.9 Å². The van der Waals surface area contributed by atoms with Crippen LogP contribution in [-0.4, -0.2) is 28.5 Å². The van der Waals surface area contributed by atoms with Crippen LogP contribution in [0.5, 0.6) is 0 Å². The van der Waals surface area contributed by atoms with Crippen LogP contribution in [0.3, 0.4) is 0 Å². The Morgan fingerprint density at radius 1 is 1.11 bits per heavy atom. The second-order valence-corrected chi connectivity index (χ2v) is 10.4. The Bertz CT molecular complexity index is 1120. The fraction of sp³-hybridized carbons (Fsp3) is 0.188. The molecule has 11 heteroatoms. The van der Waals surface area contributed by atoms with Gasteiger partial charge in [-0.25, -0.2) is 21.1 Å². The van der Waals surface area contributed by atoms with E-state index in [9.17, 15) is 21.6 Å².